The molecule has 0 spiro atoms. The van der Waals surface area contributed by atoms with Crippen molar-refractivity contribution in [2.75, 3.05) is 25.0 Å². The van der Waals surface area contributed by atoms with Crippen molar-refractivity contribution in [1.82, 2.24) is 4.90 Å². The average molecular weight is 246 g/mol. The average Bonchev–Trinajstić information content (AvgIpc) is 2.35. The summed E-state index contributed by atoms with van der Waals surface area (Å²) in [5.41, 5.74) is 0.809. The molecule has 1 aliphatic heterocycles. The van der Waals surface area contributed by atoms with E-state index in [-0.39, 0.29) is 11.8 Å². The molecule has 18 heavy (non-hydrogen) atoms. The fourth-order valence-electron chi connectivity index (χ4n) is 2.16. The molecule has 4 nitrogen and oxygen atoms in total. The van der Waals surface area contributed by atoms with Gasteiger partial charge in [-0.15, -0.1) is 0 Å². The predicted octanol–water partition coefficient (Wildman–Crippen LogP) is 1.54. The summed E-state index contributed by atoms with van der Waals surface area (Å²) in [6.45, 7) is 3.64. The topological polar surface area (TPSA) is 49.4 Å². The van der Waals surface area contributed by atoms with Crippen molar-refractivity contribution >= 4 is 17.4 Å². The molecule has 1 aliphatic rings. The Bertz CT molecular complexity index is 431. The lowest BCUT2D eigenvalue weighted by Crippen LogP contribution is -2.43. The number of Topliss-reactive ketones (excluding diaryl/α,β-unsaturated/α-hetero) is 1. The van der Waals surface area contributed by atoms with E-state index in [2.05, 4.69) is 5.32 Å². The first-order chi connectivity index (χ1) is 8.65. The van der Waals surface area contributed by atoms with Crippen LogP contribution in [0.5, 0.6) is 0 Å². The van der Waals surface area contributed by atoms with Gasteiger partial charge in [-0.05, 0) is 12.1 Å². The summed E-state index contributed by atoms with van der Waals surface area (Å²) in [5, 5.41) is 2.85. The number of piperidine rings is 1. The first-order valence-electron chi connectivity index (χ1n) is 6.25. The zero-order valence-electron chi connectivity index (χ0n) is 10.6. The number of nitrogens with one attached hydrogen (secondary N) is 1. The van der Waals surface area contributed by atoms with Gasteiger partial charge in [0.2, 0.25) is 5.91 Å². The molecule has 1 heterocycles. The molecule has 0 aromatic heterocycles. The molecule has 1 unspecified atom stereocenters. The van der Waals surface area contributed by atoms with Crippen LogP contribution in [0.2, 0.25) is 0 Å². The van der Waals surface area contributed by atoms with E-state index in [1.54, 1.807) is 0 Å². The van der Waals surface area contributed by atoms with Gasteiger partial charge in [-0.3, -0.25) is 14.5 Å². The van der Waals surface area contributed by atoms with E-state index >= 15 is 0 Å². The lowest BCUT2D eigenvalue weighted by molar-refractivity contribution is -0.127. The number of anilines is 1. The molecule has 4 heteroatoms. The van der Waals surface area contributed by atoms with Gasteiger partial charge in [0.05, 0.1) is 6.54 Å². The number of benzene rings is 1. The van der Waals surface area contributed by atoms with E-state index in [1.165, 1.54) is 0 Å². The molecule has 1 fully saturated rings. The molecular weight excluding hydrogens is 228 g/mol. The van der Waals surface area contributed by atoms with Gasteiger partial charge < -0.3 is 5.32 Å². The number of carbonyl (C=O) groups excluding carboxylic acids is 2. The Kier molecular flexibility index (Phi) is 4.10. The molecule has 0 radical (unpaired) electrons. The summed E-state index contributed by atoms with van der Waals surface area (Å²) in [4.78, 5) is 25.3. The summed E-state index contributed by atoms with van der Waals surface area (Å²) in [6, 6.07) is 9.41. The molecule has 0 saturated carbocycles. The van der Waals surface area contributed by atoms with Crippen LogP contribution in [0.4, 0.5) is 5.69 Å². The number of carbonyl (C=O) groups is 2. The quantitative estimate of drug-likeness (QED) is 0.880. The lowest BCUT2D eigenvalue weighted by Gasteiger charge is -2.29. The van der Waals surface area contributed by atoms with Crippen LogP contribution in [0.25, 0.3) is 0 Å². The third-order valence-corrected chi connectivity index (χ3v) is 3.18. The third-order valence-electron chi connectivity index (χ3n) is 3.18. The van der Waals surface area contributed by atoms with E-state index in [9.17, 15) is 9.59 Å². The van der Waals surface area contributed by atoms with Crippen LogP contribution < -0.4 is 5.32 Å². The highest BCUT2D eigenvalue weighted by Gasteiger charge is 2.24. The Labute approximate surface area is 107 Å². The number of hydrogen-bond donors (Lipinski definition) is 1. The number of likely N-dealkylation sites (tertiary alicyclic amines) is 1. The standard InChI is InChI=1S/C14H18N2O2/c1-11-9-16(8-7-13(11)17)10-14(18)15-12-5-3-2-4-6-12/h2-6,11H,7-10H2,1H3,(H,15,18). The highest BCUT2D eigenvalue weighted by molar-refractivity contribution is 5.92. The van der Waals surface area contributed by atoms with Gasteiger partial charge >= 0.3 is 0 Å². The maximum absolute atomic E-state index is 11.8. The van der Waals surface area contributed by atoms with E-state index in [0.717, 1.165) is 5.69 Å². The zero-order chi connectivity index (χ0) is 13.0. The van der Waals surface area contributed by atoms with Gasteiger partial charge in [-0.25, -0.2) is 0 Å². The SMILES string of the molecule is CC1CN(CC(=O)Nc2ccccc2)CCC1=O. The van der Waals surface area contributed by atoms with Crippen molar-refractivity contribution in [2.45, 2.75) is 13.3 Å². The molecule has 1 saturated heterocycles. The van der Waals surface area contributed by atoms with Crippen LogP contribution in [0.1, 0.15) is 13.3 Å². The van der Waals surface area contributed by atoms with Crippen molar-refractivity contribution in [3.63, 3.8) is 0 Å². The third kappa shape index (κ3) is 3.40. The van der Waals surface area contributed by atoms with Gasteiger partial charge in [0.15, 0.2) is 0 Å². The molecule has 1 atom stereocenters. The Morgan fingerprint density at radius 3 is 2.78 bits per heavy atom. The van der Waals surface area contributed by atoms with Gasteiger partial charge in [-0.2, -0.15) is 0 Å². The number of hydrogen-bond acceptors (Lipinski definition) is 3. The molecular formula is C14H18N2O2. The normalized spacial score (nSPS) is 20.7. The maximum Gasteiger partial charge on any atom is 0.238 e. The summed E-state index contributed by atoms with van der Waals surface area (Å²) in [6.07, 6.45) is 0.555. The van der Waals surface area contributed by atoms with Gasteiger partial charge in [0.25, 0.3) is 0 Å². The van der Waals surface area contributed by atoms with Crippen LogP contribution in [-0.4, -0.2) is 36.2 Å². The Morgan fingerprint density at radius 2 is 2.11 bits per heavy atom. The maximum atomic E-state index is 11.8. The largest absolute Gasteiger partial charge is 0.325 e. The van der Waals surface area contributed by atoms with E-state index in [0.29, 0.717) is 31.8 Å². The Morgan fingerprint density at radius 1 is 1.39 bits per heavy atom. The molecule has 0 aliphatic carbocycles. The first-order valence-corrected chi connectivity index (χ1v) is 6.25. The molecule has 1 aromatic carbocycles. The van der Waals surface area contributed by atoms with E-state index in [1.807, 2.05) is 42.2 Å². The summed E-state index contributed by atoms with van der Waals surface area (Å²) in [5.74, 6) is 0.320. The Hall–Kier alpha value is -1.68. The first kappa shape index (κ1) is 12.8. The number of para-hydroxylation sites is 1. The predicted molar refractivity (Wildman–Crippen MR) is 70.3 cm³/mol. The molecule has 0 bridgehead atoms. The molecule has 1 N–H and O–H groups in total. The second kappa shape index (κ2) is 5.78. The van der Waals surface area contributed by atoms with Crippen molar-refractivity contribution in [3.05, 3.63) is 30.3 Å². The lowest BCUT2D eigenvalue weighted by atomic mass is 9.99. The second-order valence-electron chi connectivity index (χ2n) is 4.77. The second-order valence-corrected chi connectivity index (χ2v) is 4.77. The fraction of sp³-hybridized carbons (Fsp3) is 0.429. The molecule has 1 amide bonds. The minimum atomic E-state index is -0.0252. The number of rotatable bonds is 3. The van der Waals surface area contributed by atoms with Gasteiger partial charge in [0.1, 0.15) is 5.78 Å². The van der Waals surface area contributed by atoms with Crippen LogP contribution >= 0.6 is 0 Å². The minimum absolute atomic E-state index is 0.0252. The number of nitrogens with zero attached hydrogens (tertiary/aromatic N) is 1. The highest BCUT2D eigenvalue weighted by Crippen LogP contribution is 2.12. The summed E-state index contributed by atoms with van der Waals surface area (Å²) < 4.78 is 0. The smallest absolute Gasteiger partial charge is 0.238 e. The number of amides is 1. The molecule has 96 valence electrons. The zero-order valence-corrected chi connectivity index (χ0v) is 10.6. The van der Waals surface area contributed by atoms with Gasteiger partial charge in [0, 0.05) is 31.1 Å². The van der Waals surface area contributed by atoms with E-state index < -0.39 is 0 Å². The van der Waals surface area contributed by atoms with Crippen molar-refractivity contribution < 1.29 is 9.59 Å². The number of ketones is 1. The van der Waals surface area contributed by atoms with Crippen LogP contribution in [0, 0.1) is 5.92 Å². The Balaban J connectivity index is 1.83. The van der Waals surface area contributed by atoms with Crippen molar-refractivity contribution in [3.8, 4) is 0 Å². The summed E-state index contributed by atoms with van der Waals surface area (Å²) >= 11 is 0. The van der Waals surface area contributed by atoms with Crippen LogP contribution in [-0.2, 0) is 9.59 Å². The van der Waals surface area contributed by atoms with Crippen LogP contribution in [0.15, 0.2) is 30.3 Å². The highest BCUT2D eigenvalue weighted by atomic mass is 16.2. The fourth-order valence-corrected chi connectivity index (χ4v) is 2.16. The minimum Gasteiger partial charge on any atom is -0.325 e. The molecule has 2 rings (SSSR count). The van der Waals surface area contributed by atoms with Gasteiger partial charge in [-0.1, -0.05) is 25.1 Å². The van der Waals surface area contributed by atoms with Crippen molar-refractivity contribution in [1.29, 1.82) is 0 Å². The monoisotopic (exact) mass is 246 g/mol. The van der Waals surface area contributed by atoms with Crippen molar-refractivity contribution in [2.24, 2.45) is 5.92 Å². The van der Waals surface area contributed by atoms with E-state index in [4.69, 9.17) is 0 Å². The molecule has 1 aromatic rings. The van der Waals surface area contributed by atoms with Crippen LogP contribution in [0.3, 0.4) is 0 Å². The summed E-state index contributed by atoms with van der Waals surface area (Å²) in [7, 11) is 0.